The lowest BCUT2D eigenvalue weighted by Gasteiger charge is -2.16. The number of aromatic amines is 1. The first-order valence-electron chi connectivity index (χ1n) is 6.46. The van der Waals surface area contributed by atoms with E-state index < -0.39 is 0 Å². The third-order valence-corrected chi connectivity index (χ3v) is 3.16. The van der Waals surface area contributed by atoms with E-state index in [1.54, 1.807) is 6.20 Å². The molecule has 0 radical (unpaired) electrons. The van der Waals surface area contributed by atoms with E-state index in [2.05, 4.69) is 51.5 Å². The molecule has 19 heavy (non-hydrogen) atoms. The Morgan fingerprint density at radius 3 is 2.95 bits per heavy atom. The van der Waals surface area contributed by atoms with Gasteiger partial charge in [-0.15, -0.1) is 0 Å². The van der Waals surface area contributed by atoms with Crippen molar-refractivity contribution in [1.29, 1.82) is 0 Å². The maximum absolute atomic E-state index is 4.36. The molecule has 0 saturated carbocycles. The van der Waals surface area contributed by atoms with Crippen LogP contribution in [0.1, 0.15) is 24.4 Å². The summed E-state index contributed by atoms with van der Waals surface area (Å²) in [6, 6.07) is 10.4. The van der Waals surface area contributed by atoms with Gasteiger partial charge in [0.15, 0.2) is 0 Å². The third kappa shape index (κ3) is 2.35. The molecule has 0 bridgehead atoms. The highest BCUT2D eigenvalue weighted by Crippen LogP contribution is 2.22. The van der Waals surface area contributed by atoms with E-state index >= 15 is 0 Å². The number of imidazole rings is 1. The first-order chi connectivity index (χ1) is 9.38. The molecule has 3 aromatic rings. The van der Waals surface area contributed by atoms with Gasteiger partial charge in [0.25, 0.3) is 0 Å². The van der Waals surface area contributed by atoms with Gasteiger partial charge in [-0.1, -0.05) is 19.1 Å². The van der Waals surface area contributed by atoms with Crippen molar-refractivity contribution in [1.82, 2.24) is 20.3 Å². The average Bonchev–Trinajstić information content (AvgIpc) is 2.98. The molecular weight excluding hydrogens is 236 g/mol. The number of nitrogens with zero attached hydrogens (tertiary/aromatic N) is 2. The number of hydrogen-bond acceptors (Lipinski definition) is 3. The van der Waals surface area contributed by atoms with E-state index in [4.69, 9.17) is 0 Å². The van der Waals surface area contributed by atoms with Crippen LogP contribution in [0.2, 0.25) is 0 Å². The number of nitrogens with one attached hydrogen (secondary N) is 2. The van der Waals surface area contributed by atoms with Crippen LogP contribution in [-0.2, 0) is 0 Å². The standard InChI is InChI=1S/C15H16N4/c1-2-16-14(15-18-8-9-19-15)12-5-6-13-11(10-12)4-3-7-17-13/h3-10,14,16H,2H2,1H3,(H,18,19). The maximum Gasteiger partial charge on any atom is 0.127 e. The second-order valence-electron chi connectivity index (χ2n) is 4.42. The minimum Gasteiger partial charge on any atom is -0.347 e. The monoisotopic (exact) mass is 252 g/mol. The van der Waals surface area contributed by atoms with Crippen molar-refractivity contribution >= 4 is 10.9 Å². The van der Waals surface area contributed by atoms with Gasteiger partial charge < -0.3 is 10.3 Å². The highest BCUT2D eigenvalue weighted by molar-refractivity contribution is 5.79. The summed E-state index contributed by atoms with van der Waals surface area (Å²) >= 11 is 0. The van der Waals surface area contributed by atoms with Crippen LogP contribution in [0.5, 0.6) is 0 Å². The SMILES string of the molecule is CCNC(c1ccc2ncccc2c1)c1ncc[nH]1. The van der Waals surface area contributed by atoms with Gasteiger partial charge in [-0.2, -0.15) is 0 Å². The summed E-state index contributed by atoms with van der Waals surface area (Å²) in [7, 11) is 0. The van der Waals surface area contributed by atoms with Crippen LogP contribution in [0.25, 0.3) is 10.9 Å². The summed E-state index contributed by atoms with van der Waals surface area (Å²) < 4.78 is 0. The first kappa shape index (κ1) is 11.9. The number of benzene rings is 1. The van der Waals surface area contributed by atoms with Crippen molar-refractivity contribution in [2.24, 2.45) is 0 Å². The second kappa shape index (κ2) is 5.20. The lowest BCUT2D eigenvalue weighted by Crippen LogP contribution is -2.23. The van der Waals surface area contributed by atoms with Crippen molar-refractivity contribution in [3.63, 3.8) is 0 Å². The van der Waals surface area contributed by atoms with E-state index in [-0.39, 0.29) is 6.04 Å². The van der Waals surface area contributed by atoms with Gasteiger partial charge in [0.1, 0.15) is 5.82 Å². The van der Waals surface area contributed by atoms with Crippen molar-refractivity contribution < 1.29 is 0 Å². The lowest BCUT2D eigenvalue weighted by atomic mass is 10.0. The van der Waals surface area contributed by atoms with E-state index in [0.717, 1.165) is 23.3 Å². The van der Waals surface area contributed by atoms with Crippen molar-refractivity contribution in [2.45, 2.75) is 13.0 Å². The summed E-state index contributed by atoms with van der Waals surface area (Å²) in [6.07, 6.45) is 5.45. The molecule has 1 atom stereocenters. The number of hydrogen-bond donors (Lipinski definition) is 2. The zero-order valence-electron chi connectivity index (χ0n) is 10.8. The number of pyridine rings is 1. The summed E-state index contributed by atoms with van der Waals surface area (Å²) in [6.45, 7) is 2.98. The smallest absolute Gasteiger partial charge is 0.127 e. The lowest BCUT2D eigenvalue weighted by molar-refractivity contribution is 0.604. The van der Waals surface area contributed by atoms with Crippen LogP contribution in [0.15, 0.2) is 48.9 Å². The largest absolute Gasteiger partial charge is 0.347 e. The number of rotatable bonds is 4. The van der Waals surface area contributed by atoms with E-state index in [1.165, 1.54) is 5.56 Å². The molecular formula is C15H16N4. The average molecular weight is 252 g/mol. The Balaban J connectivity index is 2.05. The molecule has 2 heterocycles. The van der Waals surface area contributed by atoms with Crippen LogP contribution >= 0.6 is 0 Å². The quantitative estimate of drug-likeness (QED) is 0.750. The number of H-pyrrole nitrogens is 1. The molecule has 2 aromatic heterocycles. The predicted molar refractivity (Wildman–Crippen MR) is 75.9 cm³/mol. The Hall–Kier alpha value is -2.20. The van der Waals surface area contributed by atoms with E-state index in [1.807, 2.05) is 18.5 Å². The Bertz CT molecular complexity index is 661. The zero-order valence-corrected chi connectivity index (χ0v) is 10.8. The molecule has 96 valence electrons. The summed E-state index contributed by atoms with van der Waals surface area (Å²) in [5, 5.41) is 4.60. The maximum atomic E-state index is 4.36. The predicted octanol–water partition coefficient (Wildman–Crippen LogP) is 2.66. The highest BCUT2D eigenvalue weighted by atomic mass is 15.0. The highest BCUT2D eigenvalue weighted by Gasteiger charge is 2.15. The van der Waals surface area contributed by atoms with Gasteiger partial charge in [0.2, 0.25) is 0 Å². The van der Waals surface area contributed by atoms with Crippen molar-refractivity contribution in [3.05, 3.63) is 60.3 Å². The van der Waals surface area contributed by atoms with Crippen LogP contribution < -0.4 is 5.32 Å². The summed E-state index contributed by atoms with van der Waals surface area (Å²) in [5.41, 5.74) is 2.21. The van der Waals surface area contributed by atoms with Crippen LogP contribution in [0.4, 0.5) is 0 Å². The van der Waals surface area contributed by atoms with Gasteiger partial charge in [0.05, 0.1) is 11.6 Å². The van der Waals surface area contributed by atoms with Gasteiger partial charge in [-0.3, -0.25) is 4.98 Å². The molecule has 0 fully saturated rings. The minimum absolute atomic E-state index is 0.0876. The molecule has 0 spiro atoms. The molecule has 1 unspecified atom stereocenters. The summed E-state index contributed by atoms with van der Waals surface area (Å²) in [4.78, 5) is 11.9. The third-order valence-electron chi connectivity index (χ3n) is 3.16. The Labute approximate surface area is 111 Å². The molecule has 4 nitrogen and oxygen atoms in total. The second-order valence-corrected chi connectivity index (χ2v) is 4.42. The van der Waals surface area contributed by atoms with Crippen molar-refractivity contribution in [3.8, 4) is 0 Å². The van der Waals surface area contributed by atoms with Gasteiger partial charge >= 0.3 is 0 Å². The van der Waals surface area contributed by atoms with Gasteiger partial charge in [-0.25, -0.2) is 4.98 Å². The normalized spacial score (nSPS) is 12.7. The fourth-order valence-corrected chi connectivity index (χ4v) is 2.29. The zero-order chi connectivity index (χ0) is 13.1. The molecule has 0 saturated heterocycles. The molecule has 2 N–H and O–H groups in total. The van der Waals surface area contributed by atoms with Gasteiger partial charge in [0, 0.05) is 24.0 Å². The van der Waals surface area contributed by atoms with E-state index in [9.17, 15) is 0 Å². The number of aromatic nitrogens is 3. The summed E-state index contributed by atoms with van der Waals surface area (Å²) in [5.74, 6) is 0.935. The van der Waals surface area contributed by atoms with Crippen LogP contribution in [0, 0.1) is 0 Å². The van der Waals surface area contributed by atoms with Gasteiger partial charge in [-0.05, 0) is 30.3 Å². The number of fused-ring (bicyclic) bond motifs is 1. The minimum atomic E-state index is 0.0876. The molecule has 4 heteroatoms. The van der Waals surface area contributed by atoms with Crippen LogP contribution in [0.3, 0.4) is 0 Å². The Morgan fingerprint density at radius 1 is 1.21 bits per heavy atom. The van der Waals surface area contributed by atoms with Crippen LogP contribution in [-0.4, -0.2) is 21.5 Å². The Morgan fingerprint density at radius 2 is 2.16 bits per heavy atom. The fraction of sp³-hybridized carbons (Fsp3) is 0.200. The fourth-order valence-electron chi connectivity index (χ4n) is 2.29. The van der Waals surface area contributed by atoms with E-state index in [0.29, 0.717) is 0 Å². The molecule has 3 rings (SSSR count). The van der Waals surface area contributed by atoms with Crippen molar-refractivity contribution in [2.75, 3.05) is 6.54 Å². The molecule has 0 aliphatic carbocycles. The molecule has 1 aromatic carbocycles. The molecule has 0 aliphatic heterocycles. The molecule has 0 amide bonds. The topological polar surface area (TPSA) is 53.6 Å². The first-order valence-corrected chi connectivity index (χ1v) is 6.46. The Kier molecular flexibility index (Phi) is 3.25. The molecule has 0 aliphatic rings.